The Morgan fingerprint density at radius 3 is 2.35 bits per heavy atom. The van der Waals surface area contributed by atoms with Crippen molar-refractivity contribution in [3.8, 4) is 5.75 Å². The second-order valence-corrected chi connectivity index (χ2v) is 4.84. The summed E-state index contributed by atoms with van der Waals surface area (Å²) < 4.78 is 5.32. The number of aromatic nitrogens is 2. The molecule has 0 saturated heterocycles. The van der Waals surface area contributed by atoms with Crippen LogP contribution in [-0.2, 0) is 0 Å². The molecule has 0 aliphatic heterocycles. The SMILES string of the molecule is CCN(CC)CCCN(CC)c1ncnc(Cl)c1OC. The molecule has 0 unspecified atom stereocenters. The Bertz CT molecular complexity index is 399. The molecule has 20 heavy (non-hydrogen) atoms. The van der Waals surface area contributed by atoms with Crippen LogP contribution < -0.4 is 9.64 Å². The van der Waals surface area contributed by atoms with Gasteiger partial charge in [-0.3, -0.25) is 0 Å². The highest BCUT2D eigenvalue weighted by atomic mass is 35.5. The Morgan fingerprint density at radius 1 is 1.10 bits per heavy atom. The molecule has 0 bridgehead atoms. The van der Waals surface area contributed by atoms with Crippen LogP contribution in [0.25, 0.3) is 0 Å². The van der Waals surface area contributed by atoms with Crippen molar-refractivity contribution >= 4 is 17.4 Å². The fourth-order valence-corrected chi connectivity index (χ4v) is 2.39. The van der Waals surface area contributed by atoms with Crippen LogP contribution in [0.5, 0.6) is 5.75 Å². The fraction of sp³-hybridized carbons (Fsp3) is 0.714. The third-order valence-electron chi connectivity index (χ3n) is 3.42. The first-order chi connectivity index (χ1) is 9.67. The highest BCUT2D eigenvalue weighted by Gasteiger charge is 2.16. The largest absolute Gasteiger partial charge is 0.490 e. The van der Waals surface area contributed by atoms with Gasteiger partial charge in [0.25, 0.3) is 0 Å². The monoisotopic (exact) mass is 300 g/mol. The lowest BCUT2D eigenvalue weighted by atomic mass is 10.3. The van der Waals surface area contributed by atoms with E-state index in [9.17, 15) is 0 Å². The quantitative estimate of drug-likeness (QED) is 0.656. The molecule has 1 aromatic rings. The van der Waals surface area contributed by atoms with Gasteiger partial charge < -0.3 is 14.5 Å². The molecule has 0 amide bonds. The van der Waals surface area contributed by atoms with E-state index in [2.05, 4.69) is 40.5 Å². The summed E-state index contributed by atoms with van der Waals surface area (Å²) in [5.74, 6) is 1.33. The zero-order valence-electron chi connectivity index (χ0n) is 12.9. The van der Waals surface area contributed by atoms with E-state index in [1.54, 1.807) is 7.11 Å². The van der Waals surface area contributed by atoms with E-state index in [1.807, 2.05) is 0 Å². The summed E-state index contributed by atoms with van der Waals surface area (Å²) in [6.07, 6.45) is 2.56. The number of nitrogens with zero attached hydrogens (tertiary/aromatic N) is 4. The Labute approximate surface area is 126 Å². The van der Waals surface area contributed by atoms with E-state index in [0.29, 0.717) is 10.9 Å². The Kier molecular flexibility index (Phi) is 7.62. The van der Waals surface area contributed by atoms with Gasteiger partial charge in [0.05, 0.1) is 7.11 Å². The fourth-order valence-electron chi connectivity index (χ4n) is 2.18. The highest BCUT2D eigenvalue weighted by molar-refractivity contribution is 6.31. The minimum absolute atomic E-state index is 0.361. The minimum atomic E-state index is 0.361. The van der Waals surface area contributed by atoms with Crippen LogP contribution in [0.15, 0.2) is 6.33 Å². The second kappa shape index (κ2) is 8.97. The molecular weight excluding hydrogens is 276 g/mol. The van der Waals surface area contributed by atoms with Gasteiger partial charge in [-0.1, -0.05) is 25.4 Å². The molecule has 0 N–H and O–H groups in total. The second-order valence-electron chi connectivity index (χ2n) is 4.48. The van der Waals surface area contributed by atoms with Gasteiger partial charge in [-0.15, -0.1) is 0 Å². The van der Waals surface area contributed by atoms with Gasteiger partial charge in [0.1, 0.15) is 6.33 Å². The van der Waals surface area contributed by atoms with Crippen LogP contribution in [0.4, 0.5) is 5.82 Å². The van der Waals surface area contributed by atoms with Crippen molar-refractivity contribution in [2.24, 2.45) is 0 Å². The lowest BCUT2D eigenvalue weighted by Gasteiger charge is -2.25. The Morgan fingerprint density at radius 2 is 1.80 bits per heavy atom. The molecule has 6 heteroatoms. The van der Waals surface area contributed by atoms with E-state index in [0.717, 1.165) is 45.0 Å². The summed E-state index contributed by atoms with van der Waals surface area (Å²) in [6.45, 7) is 11.5. The number of ether oxygens (including phenoxy) is 1. The third kappa shape index (κ3) is 4.49. The number of rotatable bonds is 9. The molecule has 0 aliphatic carbocycles. The minimum Gasteiger partial charge on any atom is -0.490 e. The maximum Gasteiger partial charge on any atom is 0.199 e. The van der Waals surface area contributed by atoms with Crippen LogP contribution in [-0.4, -0.2) is 54.7 Å². The van der Waals surface area contributed by atoms with Crippen molar-refractivity contribution in [1.82, 2.24) is 14.9 Å². The maximum atomic E-state index is 6.05. The van der Waals surface area contributed by atoms with Crippen LogP contribution in [0.2, 0.25) is 5.15 Å². The number of halogens is 1. The summed E-state index contributed by atoms with van der Waals surface area (Å²) in [4.78, 5) is 12.9. The third-order valence-corrected chi connectivity index (χ3v) is 3.69. The lowest BCUT2D eigenvalue weighted by Crippen LogP contribution is -2.30. The highest BCUT2D eigenvalue weighted by Crippen LogP contribution is 2.31. The molecule has 1 heterocycles. The van der Waals surface area contributed by atoms with E-state index in [1.165, 1.54) is 6.33 Å². The molecule has 0 radical (unpaired) electrons. The molecule has 0 saturated carbocycles. The first-order valence-electron chi connectivity index (χ1n) is 7.19. The number of methoxy groups -OCH3 is 1. The van der Waals surface area contributed by atoms with E-state index in [4.69, 9.17) is 16.3 Å². The van der Waals surface area contributed by atoms with Crippen molar-refractivity contribution in [3.63, 3.8) is 0 Å². The molecule has 114 valence electrons. The van der Waals surface area contributed by atoms with Crippen LogP contribution in [0.3, 0.4) is 0 Å². The van der Waals surface area contributed by atoms with Gasteiger partial charge >= 0.3 is 0 Å². The first kappa shape index (κ1) is 17.0. The van der Waals surface area contributed by atoms with Crippen molar-refractivity contribution in [3.05, 3.63) is 11.5 Å². The Hall–Kier alpha value is -1.07. The molecule has 1 rings (SSSR count). The van der Waals surface area contributed by atoms with E-state index < -0.39 is 0 Å². The van der Waals surface area contributed by atoms with Crippen molar-refractivity contribution < 1.29 is 4.74 Å². The van der Waals surface area contributed by atoms with Gasteiger partial charge in [-0.25, -0.2) is 9.97 Å². The predicted octanol–water partition coefficient (Wildman–Crippen LogP) is 2.70. The van der Waals surface area contributed by atoms with Gasteiger partial charge in [-0.05, 0) is 33.0 Å². The summed E-state index contributed by atoms with van der Waals surface area (Å²) >= 11 is 6.05. The number of hydrogen-bond acceptors (Lipinski definition) is 5. The van der Waals surface area contributed by atoms with Crippen molar-refractivity contribution in [2.45, 2.75) is 27.2 Å². The van der Waals surface area contributed by atoms with Gasteiger partial charge in [0.15, 0.2) is 16.7 Å². The van der Waals surface area contributed by atoms with Crippen molar-refractivity contribution in [1.29, 1.82) is 0 Å². The molecule has 0 fully saturated rings. The van der Waals surface area contributed by atoms with Gasteiger partial charge in [0, 0.05) is 13.1 Å². The Balaban J connectivity index is 2.69. The number of hydrogen-bond donors (Lipinski definition) is 0. The van der Waals surface area contributed by atoms with E-state index >= 15 is 0 Å². The molecule has 5 nitrogen and oxygen atoms in total. The van der Waals surface area contributed by atoms with Crippen LogP contribution in [0, 0.1) is 0 Å². The molecule has 0 atom stereocenters. The van der Waals surface area contributed by atoms with Crippen molar-refractivity contribution in [2.75, 3.05) is 44.7 Å². The first-order valence-corrected chi connectivity index (χ1v) is 7.57. The van der Waals surface area contributed by atoms with Crippen LogP contribution >= 0.6 is 11.6 Å². The van der Waals surface area contributed by atoms with Gasteiger partial charge in [0.2, 0.25) is 0 Å². The molecule has 0 aromatic carbocycles. The zero-order chi connectivity index (χ0) is 15.0. The summed E-state index contributed by atoms with van der Waals surface area (Å²) in [5.41, 5.74) is 0. The average molecular weight is 301 g/mol. The maximum absolute atomic E-state index is 6.05. The summed E-state index contributed by atoms with van der Waals surface area (Å²) in [5, 5.41) is 0.361. The van der Waals surface area contributed by atoms with Gasteiger partial charge in [-0.2, -0.15) is 0 Å². The molecule has 1 aromatic heterocycles. The zero-order valence-corrected chi connectivity index (χ0v) is 13.7. The average Bonchev–Trinajstić information content (AvgIpc) is 2.47. The van der Waals surface area contributed by atoms with E-state index in [-0.39, 0.29) is 0 Å². The summed E-state index contributed by atoms with van der Waals surface area (Å²) in [6, 6.07) is 0. The molecule has 0 aliphatic rings. The predicted molar refractivity (Wildman–Crippen MR) is 83.9 cm³/mol. The topological polar surface area (TPSA) is 41.5 Å². The molecule has 0 spiro atoms. The standard InChI is InChI=1S/C14H25ClN4O/c1-5-18(6-2)9-8-10-19(7-3)14-12(20-4)13(15)16-11-17-14/h11H,5-10H2,1-4H3. The molecular formula is C14H25ClN4O. The lowest BCUT2D eigenvalue weighted by molar-refractivity contribution is 0.300. The van der Waals surface area contributed by atoms with Crippen LogP contribution in [0.1, 0.15) is 27.2 Å². The summed E-state index contributed by atoms with van der Waals surface area (Å²) in [7, 11) is 1.60. The smallest absolute Gasteiger partial charge is 0.199 e. The normalized spacial score (nSPS) is 10.9. The number of anilines is 1.